The van der Waals surface area contributed by atoms with Gasteiger partial charge in [-0.1, -0.05) is 6.07 Å². The monoisotopic (exact) mass is 396 g/mol. The van der Waals surface area contributed by atoms with Crippen molar-refractivity contribution < 1.29 is 38.6 Å². The van der Waals surface area contributed by atoms with E-state index in [1.54, 1.807) is 41.5 Å². The van der Waals surface area contributed by atoms with Crippen molar-refractivity contribution >= 4 is 36.6 Å². The number of anilines is 1. The highest BCUT2D eigenvalue weighted by atomic mass is 16.6. The van der Waals surface area contributed by atoms with E-state index < -0.39 is 42.2 Å². The standard InChI is InChI=1S/C17H25BN2O8/c1-16(2,3)27-14(22)20(15(23)28-17(4,5)6)11-9-8-10(18(24)25)12(19-11)13(21)26-7/h8-9,24-25H,1-7H3. The lowest BCUT2D eigenvalue weighted by molar-refractivity contribution is 0.0426. The molecular formula is C17H25BN2O8. The summed E-state index contributed by atoms with van der Waals surface area (Å²) in [4.78, 5) is 41.6. The fourth-order valence-corrected chi connectivity index (χ4v) is 1.93. The first-order valence-electron chi connectivity index (χ1n) is 8.38. The normalized spacial score (nSPS) is 11.5. The van der Waals surface area contributed by atoms with Gasteiger partial charge in [0.15, 0.2) is 5.69 Å². The van der Waals surface area contributed by atoms with Crippen molar-refractivity contribution in [1.82, 2.24) is 4.98 Å². The molecule has 1 heterocycles. The maximum Gasteiger partial charge on any atom is 0.490 e. The second-order valence-corrected chi connectivity index (χ2v) is 7.77. The summed E-state index contributed by atoms with van der Waals surface area (Å²) in [7, 11) is -0.948. The quantitative estimate of drug-likeness (QED) is 0.439. The van der Waals surface area contributed by atoms with Gasteiger partial charge in [-0.05, 0) is 47.6 Å². The van der Waals surface area contributed by atoms with E-state index in [1.165, 1.54) is 0 Å². The summed E-state index contributed by atoms with van der Waals surface area (Å²) in [6.07, 6.45) is -2.16. The molecule has 0 aliphatic carbocycles. The minimum Gasteiger partial charge on any atom is -0.464 e. The van der Waals surface area contributed by atoms with Gasteiger partial charge >= 0.3 is 25.3 Å². The highest BCUT2D eigenvalue weighted by Gasteiger charge is 2.35. The zero-order valence-electron chi connectivity index (χ0n) is 17.0. The molecule has 0 aliphatic heterocycles. The Hall–Kier alpha value is -2.66. The average molecular weight is 396 g/mol. The molecule has 0 saturated carbocycles. The molecule has 0 saturated heterocycles. The molecule has 0 radical (unpaired) electrons. The van der Waals surface area contributed by atoms with Gasteiger partial charge in [0, 0.05) is 5.46 Å². The van der Waals surface area contributed by atoms with Crippen LogP contribution in [-0.4, -0.2) is 58.6 Å². The van der Waals surface area contributed by atoms with Crippen molar-refractivity contribution in [3.05, 3.63) is 17.8 Å². The number of imide groups is 1. The first-order chi connectivity index (χ1) is 12.7. The molecule has 2 amide bonds. The van der Waals surface area contributed by atoms with E-state index in [9.17, 15) is 24.4 Å². The van der Waals surface area contributed by atoms with Crippen LogP contribution in [-0.2, 0) is 14.2 Å². The summed E-state index contributed by atoms with van der Waals surface area (Å²) in [5.41, 5.74) is -2.59. The molecule has 0 unspecified atom stereocenters. The van der Waals surface area contributed by atoms with E-state index in [0.29, 0.717) is 4.90 Å². The number of aromatic nitrogens is 1. The smallest absolute Gasteiger partial charge is 0.464 e. The van der Waals surface area contributed by atoms with Crippen molar-refractivity contribution in [2.75, 3.05) is 12.0 Å². The number of carbonyl (C=O) groups is 3. The fraction of sp³-hybridized carbons (Fsp3) is 0.529. The molecule has 1 aromatic rings. The van der Waals surface area contributed by atoms with Crippen LogP contribution < -0.4 is 10.4 Å². The number of pyridine rings is 1. The third-order valence-electron chi connectivity index (χ3n) is 2.95. The van der Waals surface area contributed by atoms with E-state index >= 15 is 0 Å². The Labute approximate surface area is 163 Å². The third-order valence-corrected chi connectivity index (χ3v) is 2.95. The number of methoxy groups -OCH3 is 1. The molecule has 10 nitrogen and oxygen atoms in total. The number of amides is 2. The minimum atomic E-state index is -2.02. The lowest BCUT2D eigenvalue weighted by Gasteiger charge is -2.28. The van der Waals surface area contributed by atoms with Crippen LogP contribution in [0.3, 0.4) is 0 Å². The van der Waals surface area contributed by atoms with Crippen molar-refractivity contribution in [2.24, 2.45) is 0 Å². The third kappa shape index (κ3) is 6.50. The number of hydrogen-bond acceptors (Lipinski definition) is 9. The van der Waals surface area contributed by atoms with Gasteiger partial charge in [-0.2, -0.15) is 4.90 Å². The second kappa shape index (κ2) is 8.57. The molecule has 0 aromatic carbocycles. The van der Waals surface area contributed by atoms with Gasteiger partial charge in [0.2, 0.25) is 0 Å². The first kappa shape index (κ1) is 23.4. The molecule has 2 N–H and O–H groups in total. The maximum atomic E-state index is 12.6. The molecule has 0 atom stereocenters. The summed E-state index contributed by atoms with van der Waals surface area (Å²) < 4.78 is 15.0. The van der Waals surface area contributed by atoms with Gasteiger partial charge in [0.25, 0.3) is 0 Å². The lowest BCUT2D eigenvalue weighted by atomic mass is 9.79. The predicted octanol–water partition coefficient (Wildman–Crippen LogP) is 1.22. The number of nitrogens with zero attached hydrogens (tertiary/aromatic N) is 2. The summed E-state index contributed by atoms with van der Waals surface area (Å²) >= 11 is 0. The van der Waals surface area contributed by atoms with Gasteiger partial charge in [-0.15, -0.1) is 0 Å². The van der Waals surface area contributed by atoms with Crippen LogP contribution in [0.2, 0.25) is 0 Å². The van der Waals surface area contributed by atoms with E-state index in [0.717, 1.165) is 19.2 Å². The summed E-state index contributed by atoms with van der Waals surface area (Å²) in [6, 6.07) is 2.27. The lowest BCUT2D eigenvalue weighted by Crippen LogP contribution is -2.45. The van der Waals surface area contributed by atoms with Crippen LogP contribution in [0.5, 0.6) is 0 Å². The Bertz CT molecular complexity index is 725. The maximum absolute atomic E-state index is 12.6. The van der Waals surface area contributed by atoms with E-state index in [2.05, 4.69) is 9.72 Å². The number of hydrogen-bond donors (Lipinski definition) is 2. The van der Waals surface area contributed by atoms with Crippen LogP contribution in [0.1, 0.15) is 52.0 Å². The number of esters is 1. The highest BCUT2D eigenvalue weighted by molar-refractivity contribution is 6.60. The van der Waals surface area contributed by atoms with Crippen molar-refractivity contribution in [3.8, 4) is 0 Å². The van der Waals surface area contributed by atoms with Gasteiger partial charge in [-0.3, -0.25) is 0 Å². The van der Waals surface area contributed by atoms with Crippen LogP contribution >= 0.6 is 0 Å². The number of rotatable bonds is 3. The Morgan fingerprint density at radius 2 is 1.43 bits per heavy atom. The van der Waals surface area contributed by atoms with Crippen LogP contribution in [0, 0.1) is 0 Å². The number of carbonyl (C=O) groups excluding carboxylic acids is 3. The van der Waals surface area contributed by atoms with E-state index in [-0.39, 0.29) is 11.3 Å². The van der Waals surface area contributed by atoms with E-state index in [1.807, 2.05) is 0 Å². The SMILES string of the molecule is COC(=O)c1nc(N(C(=O)OC(C)(C)C)C(=O)OC(C)(C)C)ccc1B(O)O. The molecule has 0 spiro atoms. The van der Waals surface area contributed by atoms with Gasteiger partial charge in [-0.25, -0.2) is 19.4 Å². The number of ether oxygens (including phenoxy) is 3. The average Bonchev–Trinajstić information content (AvgIpc) is 2.50. The molecule has 28 heavy (non-hydrogen) atoms. The van der Waals surface area contributed by atoms with E-state index in [4.69, 9.17) is 9.47 Å². The molecule has 0 aliphatic rings. The molecule has 1 rings (SSSR count). The summed E-state index contributed by atoms with van der Waals surface area (Å²) in [6.45, 7) is 9.65. The zero-order chi connectivity index (χ0) is 21.9. The highest BCUT2D eigenvalue weighted by Crippen LogP contribution is 2.20. The topological polar surface area (TPSA) is 135 Å². The Morgan fingerprint density at radius 1 is 0.964 bits per heavy atom. The Kier molecular flexibility index (Phi) is 7.16. The summed E-state index contributed by atoms with van der Waals surface area (Å²) in [5.74, 6) is -1.30. The predicted molar refractivity (Wildman–Crippen MR) is 100 cm³/mol. The van der Waals surface area contributed by atoms with Gasteiger partial charge in [0.05, 0.1) is 7.11 Å². The Balaban J connectivity index is 3.50. The molecule has 0 bridgehead atoms. The first-order valence-corrected chi connectivity index (χ1v) is 8.38. The van der Waals surface area contributed by atoms with Crippen LogP contribution in [0.15, 0.2) is 12.1 Å². The van der Waals surface area contributed by atoms with Crippen LogP contribution in [0.4, 0.5) is 15.4 Å². The zero-order valence-corrected chi connectivity index (χ0v) is 17.0. The molecule has 1 aromatic heterocycles. The minimum absolute atomic E-state index is 0.260. The Morgan fingerprint density at radius 3 is 1.79 bits per heavy atom. The van der Waals surface area contributed by atoms with Crippen molar-refractivity contribution in [3.63, 3.8) is 0 Å². The van der Waals surface area contributed by atoms with Crippen molar-refractivity contribution in [2.45, 2.75) is 52.7 Å². The largest absolute Gasteiger partial charge is 0.490 e. The molecule has 11 heteroatoms. The molecule has 0 fully saturated rings. The second-order valence-electron chi connectivity index (χ2n) is 7.77. The molecule has 154 valence electrons. The van der Waals surface area contributed by atoms with Crippen LogP contribution in [0.25, 0.3) is 0 Å². The molecular weight excluding hydrogens is 371 g/mol. The van der Waals surface area contributed by atoms with Gasteiger partial charge in [0.1, 0.15) is 17.0 Å². The summed E-state index contributed by atoms with van der Waals surface area (Å²) in [5, 5.41) is 18.8. The fourth-order valence-electron chi connectivity index (χ4n) is 1.93. The van der Waals surface area contributed by atoms with Gasteiger partial charge < -0.3 is 24.3 Å². The van der Waals surface area contributed by atoms with Crippen molar-refractivity contribution in [1.29, 1.82) is 0 Å².